The van der Waals surface area contributed by atoms with Crippen molar-refractivity contribution in [2.75, 3.05) is 19.7 Å². The van der Waals surface area contributed by atoms with Crippen LogP contribution in [0.5, 0.6) is 5.75 Å². The van der Waals surface area contributed by atoms with Crippen LogP contribution in [-0.2, 0) is 0 Å². The molecule has 2 rings (SSSR count). The van der Waals surface area contributed by atoms with Crippen molar-refractivity contribution in [3.8, 4) is 5.75 Å². The van der Waals surface area contributed by atoms with E-state index < -0.39 is 11.9 Å². The average molecular weight is 297 g/mol. The van der Waals surface area contributed by atoms with E-state index in [9.17, 15) is 14.6 Å². The van der Waals surface area contributed by atoms with Crippen molar-refractivity contribution in [3.05, 3.63) is 30.1 Å². The largest absolute Gasteiger partial charge is 0.488 e. The number of halogens is 1. The van der Waals surface area contributed by atoms with Gasteiger partial charge in [0.25, 0.3) is 0 Å². The van der Waals surface area contributed by atoms with Gasteiger partial charge in [-0.1, -0.05) is 12.1 Å². The summed E-state index contributed by atoms with van der Waals surface area (Å²) in [6.07, 6.45) is 2.97. The van der Waals surface area contributed by atoms with Gasteiger partial charge in [-0.15, -0.1) is 0 Å². The highest BCUT2D eigenvalue weighted by Crippen LogP contribution is 2.23. The van der Waals surface area contributed by atoms with E-state index in [0.29, 0.717) is 12.5 Å². The smallest absolute Gasteiger partial charge is 0.165 e. The highest BCUT2D eigenvalue weighted by Gasteiger charge is 2.19. The topological polar surface area (TPSA) is 61.7 Å². The van der Waals surface area contributed by atoms with Gasteiger partial charge < -0.3 is 20.3 Å². The van der Waals surface area contributed by atoms with Crippen molar-refractivity contribution >= 4 is 0 Å². The molecule has 1 aromatic carbocycles. The van der Waals surface area contributed by atoms with Crippen LogP contribution in [0.2, 0.25) is 0 Å². The Labute approximate surface area is 124 Å². The summed E-state index contributed by atoms with van der Waals surface area (Å²) in [5, 5.41) is 22.5. The molecule has 1 aliphatic carbocycles. The van der Waals surface area contributed by atoms with Gasteiger partial charge in [-0.25, -0.2) is 4.39 Å². The van der Waals surface area contributed by atoms with E-state index in [1.807, 2.05) is 0 Å². The van der Waals surface area contributed by atoms with Crippen LogP contribution in [0.3, 0.4) is 0 Å². The van der Waals surface area contributed by atoms with E-state index in [0.717, 1.165) is 32.2 Å². The van der Waals surface area contributed by atoms with Gasteiger partial charge in [0.1, 0.15) is 12.7 Å². The predicted molar refractivity (Wildman–Crippen MR) is 78.7 cm³/mol. The quantitative estimate of drug-likeness (QED) is 0.717. The molecule has 0 spiro atoms. The lowest BCUT2D eigenvalue weighted by Gasteiger charge is -2.26. The number of hydrogen-bond donors (Lipinski definition) is 3. The molecule has 1 saturated carbocycles. The second-order valence-electron chi connectivity index (χ2n) is 5.73. The lowest BCUT2D eigenvalue weighted by Crippen LogP contribution is -2.35. The summed E-state index contributed by atoms with van der Waals surface area (Å²) in [7, 11) is 0. The van der Waals surface area contributed by atoms with E-state index >= 15 is 0 Å². The maximum absolute atomic E-state index is 13.3. The van der Waals surface area contributed by atoms with Crippen molar-refractivity contribution in [2.24, 2.45) is 5.92 Å². The monoisotopic (exact) mass is 297 g/mol. The van der Waals surface area contributed by atoms with Gasteiger partial charge in [-0.3, -0.25) is 0 Å². The van der Waals surface area contributed by atoms with Crippen molar-refractivity contribution in [1.29, 1.82) is 0 Å². The van der Waals surface area contributed by atoms with Crippen LogP contribution in [0.1, 0.15) is 25.7 Å². The molecule has 21 heavy (non-hydrogen) atoms. The molecule has 1 aromatic rings. The molecule has 1 atom stereocenters. The molecule has 0 aromatic heterocycles. The summed E-state index contributed by atoms with van der Waals surface area (Å²) >= 11 is 0. The number of aliphatic hydroxyl groups is 2. The molecule has 0 bridgehead atoms. The Morgan fingerprint density at radius 2 is 1.95 bits per heavy atom. The fourth-order valence-corrected chi connectivity index (χ4v) is 2.61. The average Bonchev–Trinajstić information content (AvgIpc) is 2.48. The minimum Gasteiger partial charge on any atom is -0.488 e. The number of para-hydroxylation sites is 1. The summed E-state index contributed by atoms with van der Waals surface area (Å²) < 4.78 is 18.6. The van der Waals surface area contributed by atoms with Gasteiger partial charge in [0.15, 0.2) is 11.6 Å². The first-order valence-electron chi connectivity index (χ1n) is 7.59. The third-order valence-electron chi connectivity index (χ3n) is 3.90. The Kier molecular flexibility index (Phi) is 6.42. The molecule has 0 aliphatic heterocycles. The Morgan fingerprint density at radius 1 is 1.24 bits per heavy atom. The van der Waals surface area contributed by atoms with Crippen LogP contribution in [-0.4, -0.2) is 42.1 Å². The van der Waals surface area contributed by atoms with Crippen LogP contribution >= 0.6 is 0 Å². The Balaban J connectivity index is 1.59. The fraction of sp³-hybridized carbons (Fsp3) is 0.625. The zero-order valence-electron chi connectivity index (χ0n) is 12.2. The summed E-state index contributed by atoms with van der Waals surface area (Å²) in [4.78, 5) is 0. The molecule has 3 N–H and O–H groups in total. The predicted octanol–water partition coefficient (Wildman–Crippen LogP) is 1.71. The van der Waals surface area contributed by atoms with Gasteiger partial charge in [-0.05, 0) is 50.3 Å². The number of ether oxygens (including phenoxy) is 1. The van der Waals surface area contributed by atoms with Gasteiger partial charge in [0.05, 0.1) is 6.10 Å². The standard InChI is InChI=1S/C16H24FNO3/c17-15-3-1-2-4-16(15)21-11-14(20)10-18-9-12-5-7-13(19)8-6-12/h1-4,12-14,18-20H,5-11H2. The fourth-order valence-electron chi connectivity index (χ4n) is 2.61. The van der Waals surface area contributed by atoms with Gasteiger partial charge in [-0.2, -0.15) is 0 Å². The number of hydrogen-bond acceptors (Lipinski definition) is 4. The summed E-state index contributed by atoms with van der Waals surface area (Å²) in [5.41, 5.74) is 0. The first kappa shape index (κ1) is 16.2. The molecule has 0 amide bonds. The zero-order chi connectivity index (χ0) is 15.1. The second kappa shape index (κ2) is 8.32. The first-order valence-corrected chi connectivity index (χ1v) is 7.59. The molecular formula is C16H24FNO3. The first-order chi connectivity index (χ1) is 10.1. The third-order valence-corrected chi connectivity index (χ3v) is 3.90. The molecule has 1 aliphatic rings. The molecule has 0 heterocycles. The van der Waals surface area contributed by atoms with Crippen molar-refractivity contribution in [1.82, 2.24) is 5.32 Å². The van der Waals surface area contributed by atoms with Crippen molar-refractivity contribution < 1.29 is 19.3 Å². The Bertz CT molecular complexity index is 422. The Morgan fingerprint density at radius 3 is 2.67 bits per heavy atom. The molecule has 0 saturated heterocycles. The zero-order valence-corrected chi connectivity index (χ0v) is 12.2. The number of aliphatic hydroxyl groups excluding tert-OH is 2. The van der Waals surface area contributed by atoms with Gasteiger partial charge in [0, 0.05) is 6.54 Å². The molecule has 0 radical (unpaired) electrons. The minimum atomic E-state index is -0.668. The summed E-state index contributed by atoms with van der Waals surface area (Å²) in [5.74, 6) is 0.310. The minimum absolute atomic E-state index is 0.0668. The molecule has 118 valence electrons. The summed E-state index contributed by atoms with van der Waals surface area (Å²) in [6.45, 7) is 1.33. The normalized spacial score (nSPS) is 23.8. The van der Waals surface area contributed by atoms with E-state index in [2.05, 4.69) is 5.32 Å². The maximum Gasteiger partial charge on any atom is 0.165 e. The van der Waals surface area contributed by atoms with Crippen LogP contribution in [0.25, 0.3) is 0 Å². The Hall–Kier alpha value is -1.17. The summed E-state index contributed by atoms with van der Waals surface area (Å²) in [6, 6.07) is 6.17. The highest BCUT2D eigenvalue weighted by atomic mass is 19.1. The van der Waals surface area contributed by atoms with E-state index in [1.54, 1.807) is 18.2 Å². The molecule has 1 unspecified atom stereocenters. The lowest BCUT2D eigenvalue weighted by atomic mass is 9.87. The molecule has 5 heteroatoms. The van der Waals surface area contributed by atoms with E-state index in [-0.39, 0.29) is 18.5 Å². The molecule has 1 fully saturated rings. The lowest BCUT2D eigenvalue weighted by molar-refractivity contribution is 0.0942. The van der Waals surface area contributed by atoms with Crippen LogP contribution < -0.4 is 10.1 Å². The van der Waals surface area contributed by atoms with Crippen LogP contribution in [0.15, 0.2) is 24.3 Å². The third kappa shape index (κ3) is 5.61. The maximum atomic E-state index is 13.3. The van der Waals surface area contributed by atoms with Crippen molar-refractivity contribution in [3.63, 3.8) is 0 Å². The molecule has 4 nitrogen and oxygen atoms in total. The van der Waals surface area contributed by atoms with Crippen LogP contribution in [0, 0.1) is 11.7 Å². The number of benzene rings is 1. The van der Waals surface area contributed by atoms with E-state index in [1.165, 1.54) is 6.07 Å². The number of nitrogens with one attached hydrogen (secondary N) is 1. The van der Waals surface area contributed by atoms with Gasteiger partial charge in [0.2, 0.25) is 0 Å². The van der Waals surface area contributed by atoms with Crippen LogP contribution in [0.4, 0.5) is 4.39 Å². The van der Waals surface area contributed by atoms with Crippen molar-refractivity contribution in [2.45, 2.75) is 37.9 Å². The molecular weight excluding hydrogens is 273 g/mol. The van der Waals surface area contributed by atoms with Gasteiger partial charge >= 0.3 is 0 Å². The second-order valence-corrected chi connectivity index (χ2v) is 5.73. The highest BCUT2D eigenvalue weighted by molar-refractivity contribution is 5.23. The number of rotatable bonds is 7. The van der Waals surface area contributed by atoms with E-state index in [4.69, 9.17) is 4.74 Å². The SMILES string of the molecule is OC1CCC(CNCC(O)COc2ccccc2F)CC1.